The molecule has 0 radical (unpaired) electrons. The van der Waals surface area contributed by atoms with Crippen molar-refractivity contribution >= 4 is 51.3 Å². The standard InChI is InChI=1S/C21H16BrCl2N3O3/c22-16-1-3-17(4-2-16)29-9-10-30-20-18(23)11-14(12-19(20)24)13-26-27-21(28)15-5-7-25-8-6-15/h1-8,11-13H,9-10H2,(H,27,28)/b26-13+. The van der Waals surface area contributed by atoms with Crippen molar-refractivity contribution in [2.45, 2.75) is 0 Å². The first kappa shape index (κ1) is 22.1. The molecule has 1 amide bonds. The maximum atomic E-state index is 11.9. The maximum Gasteiger partial charge on any atom is 0.271 e. The van der Waals surface area contributed by atoms with Crippen molar-refractivity contribution in [3.8, 4) is 11.5 Å². The Hall–Kier alpha value is -2.61. The molecule has 0 aliphatic heterocycles. The van der Waals surface area contributed by atoms with Gasteiger partial charge in [0.15, 0.2) is 5.75 Å². The number of pyridine rings is 1. The van der Waals surface area contributed by atoms with E-state index in [9.17, 15) is 4.79 Å². The van der Waals surface area contributed by atoms with Gasteiger partial charge in [0.1, 0.15) is 19.0 Å². The zero-order valence-electron chi connectivity index (χ0n) is 15.5. The lowest BCUT2D eigenvalue weighted by Gasteiger charge is -2.11. The number of amides is 1. The highest BCUT2D eigenvalue weighted by Crippen LogP contribution is 2.33. The third kappa shape index (κ3) is 6.45. The zero-order chi connectivity index (χ0) is 21.3. The van der Waals surface area contributed by atoms with Crippen molar-refractivity contribution in [2.24, 2.45) is 5.10 Å². The molecule has 0 fully saturated rings. The highest BCUT2D eigenvalue weighted by molar-refractivity contribution is 9.10. The second-order valence-electron chi connectivity index (χ2n) is 5.90. The average Bonchev–Trinajstić information content (AvgIpc) is 2.74. The van der Waals surface area contributed by atoms with E-state index in [2.05, 4.69) is 31.4 Å². The topological polar surface area (TPSA) is 72.8 Å². The molecule has 154 valence electrons. The van der Waals surface area contributed by atoms with Crippen LogP contribution in [-0.4, -0.2) is 30.3 Å². The van der Waals surface area contributed by atoms with Crippen LogP contribution in [-0.2, 0) is 0 Å². The molecule has 0 spiro atoms. The average molecular weight is 509 g/mol. The van der Waals surface area contributed by atoms with Crippen molar-refractivity contribution in [3.05, 3.63) is 86.6 Å². The summed E-state index contributed by atoms with van der Waals surface area (Å²) < 4.78 is 12.2. The Morgan fingerprint density at radius 1 is 1.03 bits per heavy atom. The minimum Gasteiger partial charge on any atom is -0.490 e. The Morgan fingerprint density at radius 3 is 2.33 bits per heavy atom. The van der Waals surface area contributed by atoms with E-state index in [-0.39, 0.29) is 12.5 Å². The summed E-state index contributed by atoms with van der Waals surface area (Å²) >= 11 is 15.9. The van der Waals surface area contributed by atoms with Crippen LogP contribution in [0.1, 0.15) is 15.9 Å². The predicted octanol–water partition coefficient (Wildman–Crippen LogP) is 5.37. The Bertz CT molecular complexity index is 1010. The van der Waals surface area contributed by atoms with Gasteiger partial charge in [0.05, 0.1) is 16.3 Å². The van der Waals surface area contributed by atoms with Gasteiger partial charge in [-0.15, -0.1) is 0 Å². The number of hydrogen-bond acceptors (Lipinski definition) is 5. The fourth-order valence-corrected chi connectivity index (χ4v) is 3.24. The van der Waals surface area contributed by atoms with E-state index >= 15 is 0 Å². The molecule has 3 rings (SSSR count). The Morgan fingerprint density at radius 2 is 1.67 bits per heavy atom. The quantitative estimate of drug-likeness (QED) is 0.252. The SMILES string of the molecule is O=C(N/N=C/c1cc(Cl)c(OCCOc2ccc(Br)cc2)c(Cl)c1)c1ccncc1. The molecular formula is C21H16BrCl2N3O3. The Balaban J connectivity index is 1.53. The monoisotopic (exact) mass is 507 g/mol. The molecule has 1 heterocycles. The van der Waals surface area contributed by atoms with Crippen LogP contribution in [0.25, 0.3) is 0 Å². The lowest BCUT2D eigenvalue weighted by molar-refractivity contribution is 0.0955. The molecule has 0 aliphatic rings. The number of ether oxygens (including phenoxy) is 2. The third-order valence-electron chi connectivity index (χ3n) is 3.75. The van der Waals surface area contributed by atoms with Crippen LogP contribution in [0, 0.1) is 0 Å². The van der Waals surface area contributed by atoms with Gasteiger partial charge in [-0.25, -0.2) is 5.43 Å². The third-order valence-corrected chi connectivity index (χ3v) is 4.85. The van der Waals surface area contributed by atoms with Gasteiger partial charge in [-0.3, -0.25) is 9.78 Å². The zero-order valence-corrected chi connectivity index (χ0v) is 18.6. The maximum absolute atomic E-state index is 11.9. The molecule has 0 unspecified atom stereocenters. The van der Waals surface area contributed by atoms with Crippen molar-refractivity contribution in [2.75, 3.05) is 13.2 Å². The van der Waals surface area contributed by atoms with Crippen molar-refractivity contribution in [1.82, 2.24) is 10.4 Å². The molecule has 2 aromatic carbocycles. The highest BCUT2D eigenvalue weighted by Gasteiger charge is 2.10. The molecule has 0 atom stereocenters. The minimum absolute atomic E-state index is 0.269. The predicted molar refractivity (Wildman–Crippen MR) is 121 cm³/mol. The van der Waals surface area contributed by atoms with Crippen LogP contribution in [0.15, 0.2) is 70.5 Å². The normalized spacial score (nSPS) is 10.8. The number of carbonyl (C=O) groups is 1. The number of carbonyl (C=O) groups excluding carboxylic acids is 1. The summed E-state index contributed by atoms with van der Waals surface area (Å²) in [6.07, 6.45) is 4.50. The Labute approximate surface area is 192 Å². The summed E-state index contributed by atoms with van der Waals surface area (Å²) in [6, 6.07) is 13.9. The molecule has 6 nitrogen and oxygen atoms in total. The van der Waals surface area contributed by atoms with E-state index in [4.69, 9.17) is 32.7 Å². The van der Waals surface area contributed by atoms with Crippen LogP contribution < -0.4 is 14.9 Å². The molecule has 0 saturated carbocycles. The first-order valence-corrected chi connectivity index (χ1v) is 10.3. The molecule has 30 heavy (non-hydrogen) atoms. The molecule has 1 aromatic heterocycles. The van der Waals surface area contributed by atoms with Gasteiger partial charge >= 0.3 is 0 Å². The smallest absolute Gasteiger partial charge is 0.271 e. The number of benzene rings is 2. The highest BCUT2D eigenvalue weighted by atomic mass is 79.9. The van der Waals surface area contributed by atoms with Gasteiger partial charge in [-0.2, -0.15) is 5.10 Å². The van der Waals surface area contributed by atoms with E-state index in [1.165, 1.54) is 18.6 Å². The number of halogens is 3. The fourth-order valence-electron chi connectivity index (χ4n) is 2.36. The van der Waals surface area contributed by atoms with E-state index in [1.54, 1.807) is 24.3 Å². The fraction of sp³-hybridized carbons (Fsp3) is 0.0952. The summed E-state index contributed by atoms with van der Waals surface area (Å²) in [5, 5.41) is 4.57. The van der Waals surface area contributed by atoms with E-state index < -0.39 is 0 Å². The number of rotatable bonds is 8. The van der Waals surface area contributed by atoms with Gasteiger partial charge in [0.2, 0.25) is 0 Å². The van der Waals surface area contributed by atoms with Crippen LogP contribution in [0.4, 0.5) is 0 Å². The molecule has 3 aromatic rings. The first-order chi connectivity index (χ1) is 14.5. The van der Waals surface area contributed by atoms with Gasteiger partial charge in [0.25, 0.3) is 5.91 Å². The largest absolute Gasteiger partial charge is 0.490 e. The summed E-state index contributed by atoms with van der Waals surface area (Å²) in [6.45, 7) is 0.601. The number of hydrogen-bond donors (Lipinski definition) is 1. The van der Waals surface area contributed by atoms with Crippen molar-refractivity contribution in [3.63, 3.8) is 0 Å². The second kappa shape index (κ2) is 11.0. The summed E-state index contributed by atoms with van der Waals surface area (Å²) in [5.74, 6) is 0.742. The molecule has 1 N–H and O–H groups in total. The lowest BCUT2D eigenvalue weighted by Crippen LogP contribution is -2.17. The number of nitrogens with zero attached hydrogens (tertiary/aromatic N) is 2. The van der Waals surface area contributed by atoms with Crippen LogP contribution >= 0.6 is 39.1 Å². The molecule has 0 saturated heterocycles. The van der Waals surface area contributed by atoms with Gasteiger partial charge in [0, 0.05) is 22.4 Å². The van der Waals surface area contributed by atoms with Gasteiger partial charge < -0.3 is 9.47 Å². The van der Waals surface area contributed by atoms with Crippen LogP contribution in [0.2, 0.25) is 10.0 Å². The van der Waals surface area contributed by atoms with E-state index in [1.807, 2.05) is 24.3 Å². The molecular weight excluding hydrogens is 493 g/mol. The molecule has 9 heteroatoms. The van der Waals surface area contributed by atoms with Crippen LogP contribution in [0.5, 0.6) is 11.5 Å². The van der Waals surface area contributed by atoms with Crippen molar-refractivity contribution < 1.29 is 14.3 Å². The number of aromatic nitrogens is 1. The molecule has 0 bridgehead atoms. The number of nitrogens with one attached hydrogen (secondary N) is 1. The minimum atomic E-state index is -0.350. The van der Waals surface area contributed by atoms with Crippen molar-refractivity contribution in [1.29, 1.82) is 0 Å². The lowest BCUT2D eigenvalue weighted by atomic mass is 10.2. The number of hydrazone groups is 1. The van der Waals surface area contributed by atoms with Gasteiger partial charge in [-0.05, 0) is 54.1 Å². The summed E-state index contributed by atoms with van der Waals surface area (Å²) in [7, 11) is 0. The van der Waals surface area contributed by atoms with Crippen LogP contribution in [0.3, 0.4) is 0 Å². The van der Waals surface area contributed by atoms with E-state index in [0.29, 0.717) is 33.5 Å². The van der Waals surface area contributed by atoms with E-state index in [0.717, 1.165) is 10.2 Å². The summed E-state index contributed by atoms with van der Waals surface area (Å²) in [5.41, 5.74) is 3.49. The Kier molecular flexibility index (Phi) is 8.07. The second-order valence-corrected chi connectivity index (χ2v) is 7.63. The molecule has 0 aliphatic carbocycles. The first-order valence-electron chi connectivity index (χ1n) is 8.76. The summed E-state index contributed by atoms with van der Waals surface area (Å²) in [4.78, 5) is 15.8. The van der Waals surface area contributed by atoms with Gasteiger partial charge in [-0.1, -0.05) is 39.1 Å².